The zero-order valence-corrected chi connectivity index (χ0v) is 21.9. The molecule has 38 heavy (non-hydrogen) atoms. The maximum atomic E-state index is 13.2. The van der Waals surface area contributed by atoms with Crippen LogP contribution in [-0.2, 0) is 24.1 Å². The Hall–Kier alpha value is -4.21. The van der Waals surface area contributed by atoms with Gasteiger partial charge >= 0.3 is 0 Å². The minimum absolute atomic E-state index is 0.241. The second-order valence-corrected chi connectivity index (χ2v) is 10.4. The van der Waals surface area contributed by atoms with Crippen molar-refractivity contribution in [2.45, 2.75) is 31.2 Å². The minimum atomic E-state index is -1.05. The Morgan fingerprint density at radius 1 is 0.974 bits per heavy atom. The van der Waals surface area contributed by atoms with Gasteiger partial charge in [0.1, 0.15) is 17.5 Å². The van der Waals surface area contributed by atoms with Gasteiger partial charge in [-0.25, -0.2) is 4.98 Å². The highest BCUT2D eigenvalue weighted by molar-refractivity contribution is 7.90. The number of nitrogens with zero attached hydrogens (tertiary/aromatic N) is 2. The molecule has 0 saturated carbocycles. The van der Waals surface area contributed by atoms with Crippen molar-refractivity contribution in [1.29, 1.82) is 0 Å². The van der Waals surface area contributed by atoms with Gasteiger partial charge in [0.05, 0.1) is 11.1 Å². The lowest BCUT2D eigenvalue weighted by atomic mass is 10.0. The van der Waals surface area contributed by atoms with Crippen molar-refractivity contribution in [3.63, 3.8) is 0 Å². The summed E-state index contributed by atoms with van der Waals surface area (Å²) in [5.41, 5.74) is 3.73. The molecule has 3 N–H and O–H groups in total. The molecule has 2 amide bonds. The lowest BCUT2D eigenvalue weighted by Crippen LogP contribution is -2.23. The number of H-pyrrole nitrogens is 1. The zero-order chi connectivity index (χ0) is 26.6. The summed E-state index contributed by atoms with van der Waals surface area (Å²) >= 11 is -1.05. The Kier molecular flexibility index (Phi) is 7.39. The van der Waals surface area contributed by atoms with Crippen LogP contribution < -0.4 is 10.6 Å². The quantitative estimate of drug-likeness (QED) is 0.247. The summed E-state index contributed by atoms with van der Waals surface area (Å²) in [6.45, 7) is 2.39. The van der Waals surface area contributed by atoms with Crippen LogP contribution >= 0.6 is 0 Å². The highest BCUT2D eigenvalue weighted by atomic mass is 32.2. The van der Waals surface area contributed by atoms with E-state index in [9.17, 15) is 14.1 Å². The van der Waals surface area contributed by atoms with Crippen molar-refractivity contribution >= 4 is 50.7 Å². The predicted molar refractivity (Wildman–Crippen MR) is 150 cm³/mol. The molecule has 9 heteroatoms. The Morgan fingerprint density at radius 3 is 2.47 bits per heavy atom. The second kappa shape index (κ2) is 11.0. The van der Waals surface area contributed by atoms with Crippen LogP contribution in [0.2, 0.25) is 0 Å². The summed E-state index contributed by atoms with van der Waals surface area (Å²) in [5, 5.41) is 7.59. The smallest absolute Gasteiger partial charge is 0.276 e. The average molecular weight is 526 g/mol. The van der Waals surface area contributed by atoms with Crippen LogP contribution in [0.15, 0.2) is 77.8 Å². The molecule has 2 aromatic heterocycles. The first-order valence-corrected chi connectivity index (χ1v) is 13.9. The van der Waals surface area contributed by atoms with Crippen molar-refractivity contribution in [3.05, 3.63) is 95.3 Å². The Bertz CT molecular complexity index is 1630. The van der Waals surface area contributed by atoms with E-state index in [1.54, 1.807) is 30.7 Å². The maximum Gasteiger partial charge on any atom is 0.276 e. The van der Waals surface area contributed by atoms with E-state index in [1.165, 1.54) is 0 Å². The molecule has 192 valence electrons. The molecule has 0 saturated heterocycles. The van der Waals surface area contributed by atoms with Crippen molar-refractivity contribution in [2.75, 3.05) is 11.6 Å². The topological polar surface area (TPSA) is 123 Å². The summed E-state index contributed by atoms with van der Waals surface area (Å²) in [6, 6.07) is 20.5. The van der Waals surface area contributed by atoms with Crippen LogP contribution in [0.4, 0.5) is 5.95 Å². The van der Waals surface area contributed by atoms with Gasteiger partial charge in [-0.3, -0.25) is 19.9 Å². The molecule has 5 aromatic rings. The molecule has 3 aromatic carbocycles. The van der Waals surface area contributed by atoms with Gasteiger partial charge in [-0.2, -0.15) is 0 Å². The fourth-order valence-corrected chi connectivity index (χ4v) is 4.82. The molecule has 0 aliphatic heterocycles. The summed E-state index contributed by atoms with van der Waals surface area (Å²) in [7, 11) is 0. The van der Waals surface area contributed by atoms with E-state index >= 15 is 0 Å². The van der Waals surface area contributed by atoms with E-state index in [0.717, 1.165) is 39.6 Å². The van der Waals surface area contributed by atoms with Crippen molar-refractivity contribution in [1.82, 2.24) is 20.3 Å². The van der Waals surface area contributed by atoms with E-state index in [1.807, 2.05) is 48.5 Å². The van der Waals surface area contributed by atoms with Crippen molar-refractivity contribution in [3.8, 4) is 0 Å². The second-order valence-electron chi connectivity index (χ2n) is 9.03. The fraction of sp³-hybridized carbons (Fsp3) is 0.172. The first-order chi connectivity index (χ1) is 18.4. The zero-order valence-electron chi connectivity index (χ0n) is 21.1. The van der Waals surface area contributed by atoms with Crippen LogP contribution in [-0.4, -0.2) is 37.6 Å². The van der Waals surface area contributed by atoms with E-state index in [4.69, 9.17) is 0 Å². The number of carbonyl (C=O) groups is 2. The number of hydrogen-bond acceptors (Lipinski definition) is 5. The van der Waals surface area contributed by atoms with Gasteiger partial charge in [0.15, 0.2) is 4.90 Å². The van der Waals surface area contributed by atoms with Crippen LogP contribution in [0, 0.1) is 0 Å². The van der Waals surface area contributed by atoms with Gasteiger partial charge in [0.2, 0.25) is 5.95 Å². The number of anilines is 1. The van der Waals surface area contributed by atoms with Gasteiger partial charge in [-0.1, -0.05) is 49.7 Å². The SMILES string of the molecule is CCCc1cc(C(=O)NCc2ccc([S+](C)[O-])cc2)c2nc(NC(=O)c3cc4ccccc4cn3)[nH]c2c1. The molecule has 0 radical (unpaired) electrons. The molecular formula is C29H27N5O3S. The molecule has 1 atom stereocenters. The number of hydrogen-bond donors (Lipinski definition) is 3. The average Bonchev–Trinajstić information content (AvgIpc) is 3.33. The number of aromatic nitrogens is 3. The Labute approximate surface area is 223 Å². The van der Waals surface area contributed by atoms with Gasteiger partial charge in [0.25, 0.3) is 11.8 Å². The number of pyridine rings is 1. The molecule has 0 bridgehead atoms. The number of imidazole rings is 1. The summed E-state index contributed by atoms with van der Waals surface area (Å²) in [4.78, 5) is 38.8. The molecule has 0 aliphatic rings. The molecule has 1 unspecified atom stereocenters. The van der Waals surface area contributed by atoms with E-state index in [2.05, 4.69) is 32.5 Å². The van der Waals surface area contributed by atoms with Gasteiger partial charge in [-0.15, -0.1) is 0 Å². The monoisotopic (exact) mass is 525 g/mol. The lowest BCUT2D eigenvalue weighted by molar-refractivity contribution is 0.0951. The van der Waals surface area contributed by atoms with Crippen molar-refractivity contribution in [2.24, 2.45) is 0 Å². The molecular weight excluding hydrogens is 498 g/mol. The van der Waals surface area contributed by atoms with E-state index in [0.29, 0.717) is 23.1 Å². The molecule has 2 heterocycles. The standard InChI is InChI=1S/C29H27N5O3S/c1-3-6-19-13-23(27(35)31-16-18-9-11-22(12-10-18)38(2)37)26-24(14-19)32-29(33-26)34-28(36)25-15-20-7-4-5-8-21(20)17-30-25/h4-5,7-15,17H,3,6,16H2,1-2H3,(H,31,35)(H2,32,33,34,36). The number of aromatic amines is 1. The number of fused-ring (bicyclic) bond motifs is 2. The normalized spacial score (nSPS) is 12.0. The summed E-state index contributed by atoms with van der Waals surface area (Å²) in [6.07, 6.45) is 5.01. The summed E-state index contributed by atoms with van der Waals surface area (Å²) in [5.74, 6) is -0.423. The fourth-order valence-electron chi connectivity index (χ4n) is 4.30. The number of nitrogens with one attached hydrogen (secondary N) is 3. The van der Waals surface area contributed by atoms with Crippen LogP contribution in [0.5, 0.6) is 0 Å². The van der Waals surface area contributed by atoms with Crippen LogP contribution in [0.3, 0.4) is 0 Å². The summed E-state index contributed by atoms with van der Waals surface area (Å²) < 4.78 is 11.6. The van der Waals surface area contributed by atoms with E-state index < -0.39 is 17.1 Å². The number of rotatable bonds is 8. The van der Waals surface area contributed by atoms with Gasteiger partial charge in [-0.05, 0) is 64.4 Å². The molecule has 5 rings (SSSR count). The Morgan fingerprint density at radius 2 is 1.74 bits per heavy atom. The highest BCUT2D eigenvalue weighted by Gasteiger charge is 2.18. The third-order valence-electron chi connectivity index (χ3n) is 6.23. The largest absolute Gasteiger partial charge is 0.612 e. The first kappa shape index (κ1) is 25.4. The lowest BCUT2D eigenvalue weighted by Gasteiger charge is -2.09. The Balaban J connectivity index is 1.38. The third-order valence-corrected chi connectivity index (χ3v) is 7.17. The predicted octanol–water partition coefficient (Wildman–Crippen LogP) is 4.98. The van der Waals surface area contributed by atoms with Crippen LogP contribution in [0.1, 0.15) is 45.3 Å². The molecule has 0 spiro atoms. The highest BCUT2D eigenvalue weighted by Crippen LogP contribution is 2.23. The third kappa shape index (κ3) is 5.53. The first-order valence-electron chi connectivity index (χ1n) is 12.3. The number of aryl methyl sites for hydroxylation is 1. The molecule has 0 fully saturated rings. The molecule has 0 aliphatic carbocycles. The van der Waals surface area contributed by atoms with E-state index in [-0.39, 0.29) is 17.5 Å². The van der Waals surface area contributed by atoms with Gasteiger partial charge in [0, 0.05) is 18.1 Å². The number of carbonyl (C=O) groups excluding carboxylic acids is 2. The maximum absolute atomic E-state index is 13.2. The van der Waals surface area contributed by atoms with Crippen LogP contribution in [0.25, 0.3) is 21.8 Å². The number of amides is 2. The minimum Gasteiger partial charge on any atom is -0.612 e. The van der Waals surface area contributed by atoms with Gasteiger partial charge < -0.3 is 14.9 Å². The molecule has 8 nitrogen and oxygen atoms in total. The number of benzene rings is 3. The van der Waals surface area contributed by atoms with Crippen molar-refractivity contribution < 1.29 is 14.1 Å².